The Morgan fingerprint density at radius 1 is 1.50 bits per heavy atom. The molecule has 6 nitrogen and oxygen atoms in total. The molecule has 20 heavy (non-hydrogen) atoms. The summed E-state index contributed by atoms with van der Waals surface area (Å²) in [5.41, 5.74) is -0.337. The molecule has 1 aromatic rings. The second kappa shape index (κ2) is 6.07. The van der Waals surface area contributed by atoms with Crippen molar-refractivity contribution in [2.75, 3.05) is 19.7 Å². The first kappa shape index (κ1) is 15.2. The molecule has 1 aliphatic rings. The largest absolute Gasteiger partial charge is 0.484 e. The van der Waals surface area contributed by atoms with Gasteiger partial charge in [0.1, 0.15) is 12.2 Å². The average molecular weight is 345 g/mol. The van der Waals surface area contributed by atoms with Gasteiger partial charge in [0.05, 0.1) is 4.92 Å². The van der Waals surface area contributed by atoms with Crippen LogP contribution < -0.4 is 10.1 Å². The molecule has 110 valence electrons. The van der Waals surface area contributed by atoms with E-state index in [0.29, 0.717) is 22.9 Å². The number of ether oxygens (including phenoxy) is 1. The van der Waals surface area contributed by atoms with Crippen LogP contribution in [0.2, 0.25) is 0 Å². The van der Waals surface area contributed by atoms with Gasteiger partial charge in [0.25, 0.3) is 0 Å². The smallest absolute Gasteiger partial charge is 0.312 e. The predicted octanol–water partition coefficient (Wildman–Crippen LogP) is 2.16. The molecule has 1 heterocycles. The van der Waals surface area contributed by atoms with Crippen molar-refractivity contribution in [1.82, 2.24) is 5.32 Å². The summed E-state index contributed by atoms with van der Waals surface area (Å²) in [5.74, 6) is 0.227. The molecule has 0 aliphatic carbocycles. The molecule has 1 aliphatic heterocycles. The minimum Gasteiger partial charge on any atom is -0.484 e. The fourth-order valence-corrected chi connectivity index (χ4v) is 2.84. The van der Waals surface area contributed by atoms with Crippen LogP contribution in [0.3, 0.4) is 0 Å². The van der Waals surface area contributed by atoms with E-state index in [1.807, 2.05) is 0 Å². The molecule has 1 fully saturated rings. The second-order valence-electron chi connectivity index (χ2n) is 5.09. The summed E-state index contributed by atoms with van der Waals surface area (Å²) in [6.07, 6.45) is 1.16. The molecule has 7 heteroatoms. The summed E-state index contributed by atoms with van der Waals surface area (Å²) in [6, 6.07) is 3.17. The van der Waals surface area contributed by atoms with Crippen LogP contribution in [0.4, 0.5) is 5.69 Å². The Morgan fingerprint density at radius 2 is 2.15 bits per heavy atom. The van der Waals surface area contributed by atoms with E-state index in [4.69, 9.17) is 4.74 Å². The van der Waals surface area contributed by atoms with E-state index < -0.39 is 10.5 Å². The summed E-state index contributed by atoms with van der Waals surface area (Å²) in [4.78, 5) is 10.6. The summed E-state index contributed by atoms with van der Waals surface area (Å²) < 4.78 is 6.22. The highest BCUT2D eigenvalue weighted by molar-refractivity contribution is 9.10. The number of nitro groups is 1. The highest BCUT2D eigenvalue weighted by Gasteiger charge is 2.31. The quantitative estimate of drug-likeness (QED) is 0.645. The Bertz CT molecular complexity index is 515. The average Bonchev–Trinajstić information content (AvgIpc) is 2.37. The van der Waals surface area contributed by atoms with Gasteiger partial charge in [0.15, 0.2) is 5.75 Å². The highest BCUT2D eigenvalue weighted by Crippen LogP contribution is 2.35. The number of hydrogen-bond donors (Lipinski definition) is 2. The number of halogens is 1. The Labute approximate surface area is 125 Å². The molecule has 1 saturated heterocycles. The second-order valence-corrected chi connectivity index (χ2v) is 6.01. The van der Waals surface area contributed by atoms with Crippen LogP contribution in [-0.4, -0.2) is 35.3 Å². The standard InChI is InChI=1S/C13H17BrN2O4/c1-9-6-10(14)7-11(16(18)19)12(9)20-8-13(17)2-4-15-5-3-13/h6-7,15,17H,2-5,8H2,1H3. The lowest BCUT2D eigenvalue weighted by molar-refractivity contribution is -0.386. The van der Waals surface area contributed by atoms with Crippen molar-refractivity contribution in [2.24, 2.45) is 0 Å². The van der Waals surface area contributed by atoms with Crippen molar-refractivity contribution in [2.45, 2.75) is 25.4 Å². The molecule has 0 unspecified atom stereocenters. The molecule has 0 radical (unpaired) electrons. The van der Waals surface area contributed by atoms with Gasteiger partial charge in [0.2, 0.25) is 0 Å². The minimum absolute atomic E-state index is 0.0675. The highest BCUT2D eigenvalue weighted by atomic mass is 79.9. The Morgan fingerprint density at radius 3 is 2.75 bits per heavy atom. The van der Waals surface area contributed by atoms with Gasteiger partial charge in [-0.15, -0.1) is 0 Å². The first-order chi connectivity index (χ1) is 9.41. The molecule has 0 atom stereocenters. The van der Waals surface area contributed by atoms with Crippen LogP contribution in [0.25, 0.3) is 0 Å². The van der Waals surface area contributed by atoms with Crippen LogP contribution >= 0.6 is 15.9 Å². The molecule has 0 amide bonds. The number of benzene rings is 1. The van der Waals surface area contributed by atoms with E-state index in [1.54, 1.807) is 13.0 Å². The Balaban J connectivity index is 2.18. The fourth-order valence-electron chi connectivity index (χ4n) is 2.28. The number of nitro benzene ring substituents is 1. The van der Waals surface area contributed by atoms with Gasteiger partial charge in [-0.2, -0.15) is 0 Å². The number of aliphatic hydroxyl groups is 1. The van der Waals surface area contributed by atoms with Gasteiger partial charge in [-0.1, -0.05) is 15.9 Å². The Hall–Kier alpha value is -1.18. The molecule has 0 bridgehead atoms. The fraction of sp³-hybridized carbons (Fsp3) is 0.538. The summed E-state index contributed by atoms with van der Waals surface area (Å²) >= 11 is 3.24. The molecule has 0 spiro atoms. The van der Waals surface area contributed by atoms with E-state index >= 15 is 0 Å². The molecule has 2 rings (SSSR count). The monoisotopic (exact) mass is 344 g/mol. The van der Waals surface area contributed by atoms with Gasteiger partial charge in [0, 0.05) is 10.5 Å². The lowest BCUT2D eigenvalue weighted by atomic mass is 9.93. The lowest BCUT2D eigenvalue weighted by Crippen LogP contribution is -2.46. The maximum absolute atomic E-state index is 11.1. The van der Waals surface area contributed by atoms with Gasteiger partial charge < -0.3 is 15.2 Å². The number of rotatable bonds is 4. The molecular formula is C13H17BrN2O4. The summed E-state index contributed by atoms with van der Waals surface area (Å²) in [6.45, 7) is 3.26. The summed E-state index contributed by atoms with van der Waals surface area (Å²) in [7, 11) is 0. The van der Waals surface area contributed by atoms with Crippen molar-refractivity contribution in [1.29, 1.82) is 0 Å². The van der Waals surface area contributed by atoms with Gasteiger partial charge in [-0.05, 0) is 44.5 Å². The van der Waals surface area contributed by atoms with Crippen LogP contribution in [0.1, 0.15) is 18.4 Å². The number of aryl methyl sites for hydroxylation is 1. The van der Waals surface area contributed by atoms with Crippen LogP contribution in [-0.2, 0) is 0 Å². The summed E-state index contributed by atoms with van der Waals surface area (Å²) in [5, 5.41) is 24.6. The third-order valence-electron chi connectivity index (χ3n) is 3.44. The first-order valence-corrected chi connectivity index (χ1v) is 7.21. The zero-order chi connectivity index (χ0) is 14.8. The number of nitrogens with one attached hydrogen (secondary N) is 1. The number of nitrogens with zero attached hydrogens (tertiary/aromatic N) is 1. The van der Waals surface area contributed by atoms with E-state index in [0.717, 1.165) is 13.1 Å². The Kier molecular flexibility index (Phi) is 4.62. The third kappa shape index (κ3) is 3.47. The normalized spacial score (nSPS) is 17.8. The van der Waals surface area contributed by atoms with E-state index in [-0.39, 0.29) is 18.0 Å². The zero-order valence-electron chi connectivity index (χ0n) is 11.2. The van der Waals surface area contributed by atoms with Gasteiger partial charge in [-0.25, -0.2) is 0 Å². The van der Waals surface area contributed by atoms with Gasteiger partial charge in [-0.3, -0.25) is 10.1 Å². The molecule has 0 saturated carbocycles. The van der Waals surface area contributed by atoms with Crippen LogP contribution in [0.15, 0.2) is 16.6 Å². The molecule has 0 aromatic heterocycles. The molecular weight excluding hydrogens is 328 g/mol. The van der Waals surface area contributed by atoms with Crippen molar-refractivity contribution >= 4 is 21.6 Å². The number of piperidine rings is 1. The third-order valence-corrected chi connectivity index (χ3v) is 3.89. The van der Waals surface area contributed by atoms with Crippen LogP contribution in [0, 0.1) is 17.0 Å². The molecule has 2 N–H and O–H groups in total. The lowest BCUT2D eigenvalue weighted by Gasteiger charge is -2.32. The van der Waals surface area contributed by atoms with Crippen molar-refractivity contribution in [3.05, 3.63) is 32.3 Å². The zero-order valence-corrected chi connectivity index (χ0v) is 12.8. The first-order valence-electron chi connectivity index (χ1n) is 6.42. The maximum atomic E-state index is 11.1. The molecule has 1 aromatic carbocycles. The van der Waals surface area contributed by atoms with Crippen molar-refractivity contribution in [3.8, 4) is 5.75 Å². The van der Waals surface area contributed by atoms with Crippen molar-refractivity contribution < 1.29 is 14.8 Å². The topological polar surface area (TPSA) is 84.6 Å². The van der Waals surface area contributed by atoms with Crippen molar-refractivity contribution in [3.63, 3.8) is 0 Å². The van der Waals surface area contributed by atoms with E-state index in [2.05, 4.69) is 21.2 Å². The SMILES string of the molecule is Cc1cc(Br)cc([N+](=O)[O-])c1OCC1(O)CCNCC1. The van der Waals surface area contributed by atoms with Crippen LogP contribution in [0.5, 0.6) is 5.75 Å². The predicted molar refractivity (Wildman–Crippen MR) is 78.1 cm³/mol. The van der Waals surface area contributed by atoms with E-state index in [1.165, 1.54) is 6.07 Å². The minimum atomic E-state index is -0.918. The van der Waals surface area contributed by atoms with Gasteiger partial charge >= 0.3 is 5.69 Å². The maximum Gasteiger partial charge on any atom is 0.312 e. The number of hydrogen-bond acceptors (Lipinski definition) is 5. The van der Waals surface area contributed by atoms with E-state index in [9.17, 15) is 15.2 Å².